The lowest BCUT2D eigenvalue weighted by Crippen LogP contribution is -2.46. The predicted molar refractivity (Wildman–Crippen MR) is 119 cm³/mol. The molecule has 9 nitrogen and oxygen atoms in total. The van der Waals surface area contributed by atoms with Crippen LogP contribution in [0.1, 0.15) is 13.8 Å². The first-order chi connectivity index (χ1) is 15.3. The van der Waals surface area contributed by atoms with Gasteiger partial charge in [-0.25, -0.2) is 13.4 Å². The quantitative estimate of drug-likeness (QED) is 0.389. The van der Waals surface area contributed by atoms with E-state index in [2.05, 4.69) is 25.0 Å². The first-order valence-electron chi connectivity index (χ1n) is 9.84. The number of amides is 1. The van der Waals surface area contributed by atoms with Crippen LogP contribution >= 0.6 is 0 Å². The summed E-state index contributed by atoms with van der Waals surface area (Å²) in [6, 6.07) is 2.40. The lowest BCUT2D eigenvalue weighted by atomic mass is 10.0. The molecule has 0 aromatic carbocycles. The minimum absolute atomic E-state index is 0.286. The van der Waals surface area contributed by atoms with Gasteiger partial charge in [0.1, 0.15) is 18.2 Å². The number of nitrogens with zero attached hydrogens (tertiary/aromatic N) is 2. The number of halogens is 3. The number of aromatic amines is 1. The average molecular weight is 485 g/mol. The van der Waals surface area contributed by atoms with E-state index in [4.69, 9.17) is 0 Å². The fourth-order valence-corrected chi connectivity index (χ4v) is 3.73. The van der Waals surface area contributed by atoms with Crippen LogP contribution in [0.25, 0.3) is 22.2 Å². The molecule has 3 aromatic heterocycles. The zero-order valence-electron chi connectivity index (χ0n) is 18.0. The van der Waals surface area contributed by atoms with Crippen molar-refractivity contribution in [1.29, 1.82) is 0 Å². The smallest absolute Gasteiger partial charge is 0.372 e. The van der Waals surface area contributed by atoms with Crippen molar-refractivity contribution in [2.24, 2.45) is 5.92 Å². The molecule has 1 atom stereocenters. The molecular formula is C20H23F3N6O3S. The SMILES string of the molecule is CC(C)C(Nc1cncc(-c2c[nH]c3ncc(NS(C)(=O)=O)cc23)c1)C(=O)NCC(F)(F)F. The first kappa shape index (κ1) is 24.3. The van der Waals surface area contributed by atoms with E-state index in [-0.39, 0.29) is 11.6 Å². The summed E-state index contributed by atoms with van der Waals surface area (Å²) in [5.41, 5.74) is 2.54. The van der Waals surface area contributed by atoms with Crippen LogP contribution in [0.2, 0.25) is 0 Å². The Morgan fingerprint density at radius 3 is 2.52 bits per heavy atom. The number of hydrogen-bond donors (Lipinski definition) is 4. The van der Waals surface area contributed by atoms with Crippen LogP contribution in [0.5, 0.6) is 0 Å². The molecule has 3 rings (SSSR count). The number of sulfonamides is 1. The second-order valence-electron chi connectivity index (χ2n) is 7.86. The van der Waals surface area contributed by atoms with Crippen LogP contribution < -0.4 is 15.4 Å². The van der Waals surface area contributed by atoms with E-state index in [1.54, 1.807) is 38.4 Å². The Bertz CT molecular complexity index is 1260. The van der Waals surface area contributed by atoms with Gasteiger partial charge in [-0.2, -0.15) is 13.2 Å². The van der Waals surface area contributed by atoms with Crippen LogP contribution in [0.3, 0.4) is 0 Å². The highest BCUT2D eigenvalue weighted by atomic mass is 32.2. The second-order valence-corrected chi connectivity index (χ2v) is 9.61. The first-order valence-corrected chi connectivity index (χ1v) is 11.7. The summed E-state index contributed by atoms with van der Waals surface area (Å²) in [6.45, 7) is 2.01. The number of alkyl halides is 3. The average Bonchev–Trinajstić information content (AvgIpc) is 3.11. The van der Waals surface area contributed by atoms with Crippen molar-refractivity contribution in [3.63, 3.8) is 0 Å². The van der Waals surface area contributed by atoms with Gasteiger partial charge in [0.25, 0.3) is 0 Å². The monoisotopic (exact) mass is 484 g/mol. The molecule has 3 aromatic rings. The number of pyridine rings is 2. The number of aromatic nitrogens is 3. The number of nitrogens with one attached hydrogen (secondary N) is 4. The topological polar surface area (TPSA) is 129 Å². The molecule has 0 aliphatic carbocycles. The highest BCUT2D eigenvalue weighted by Crippen LogP contribution is 2.30. The Kier molecular flexibility index (Phi) is 6.81. The van der Waals surface area contributed by atoms with Gasteiger partial charge in [0.2, 0.25) is 15.9 Å². The van der Waals surface area contributed by atoms with Crippen molar-refractivity contribution in [3.05, 3.63) is 36.9 Å². The summed E-state index contributed by atoms with van der Waals surface area (Å²) < 4.78 is 62.8. The van der Waals surface area contributed by atoms with E-state index in [0.29, 0.717) is 27.8 Å². The van der Waals surface area contributed by atoms with Gasteiger partial charge in [-0.15, -0.1) is 0 Å². The molecule has 0 bridgehead atoms. The second kappa shape index (κ2) is 9.25. The Morgan fingerprint density at radius 2 is 1.88 bits per heavy atom. The van der Waals surface area contributed by atoms with Gasteiger partial charge in [0.05, 0.1) is 23.8 Å². The molecular weight excluding hydrogens is 461 g/mol. The predicted octanol–water partition coefficient (Wildman–Crippen LogP) is 3.11. The summed E-state index contributed by atoms with van der Waals surface area (Å²) in [5.74, 6) is -1.08. The van der Waals surface area contributed by atoms with Crippen molar-refractivity contribution in [1.82, 2.24) is 20.3 Å². The van der Waals surface area contributed by atoms with Crippen molar-refractivity contribution >= 4 is 38.3 Å². The Balaban J connectivity index is 1.87. The Labute approximate surface area is 188 Å². The molecule has 0 spiro atoms. The molecule has 1 unspecified atom stereocenters. The maximum Gasteiger partial charge on any atom is 0.405 e. The maximum atomic E-state index is 12.5. The van der Waals surface area contributed by atoms with Crippen LogP contribution in [0, 0.1) is 5.92 Å². The van der Waals surface area contributed by atoms with Crippen LogP contribution in [0.15, 0.2) is 36.9 Å². The van der Waals surface area contributed by atoms with E-state index in [9.17, 15) is 26.4 Å². The number of fused-ring (bicyclic) bond motifs is 1. The fraction of sp³-hybridized carbons (Fsp3) is 0.350. The molecule has 0 aliphatic heterocycles. The number of carbonyl (C=O) groups is 1. The summed E-state index contributed by atoms with van der Waals surface area (Å²) >= 11 is 0. The van der Waals surface area contributed by atoms with Crippen molar-refractivity contribution in [2.75, 3.05) is 22.8 Å². The molecule has 4 N–H and O–H groups in total. The lowest BCUT2D eigenvalue weighted by Gasteiger charge is -2.23. The van der Waals surface area contributed by atoms with Crippen LogP contribution in [0.4, 0.5) is 24.5 Å². The summed E-state index contributed by atoms with van der Waals surface area (Å²) in [6.07, 6.45) is 2.61. The van der Waals surface area contributed by atoms with Crippen LogP contribution in [-0.4, -0.2) is 54.3 Å². The van der Waals surface area contributed by atoms with Crippen molar-refractivity contribution < 1.29 is 26.4 Å². The lowest BCUT2D eigenvalue weighted by molar-refractivity contribution is -0.139. The van der Waals surface area contributed by atoms with Gasteiger partial charge in [-0.1, -0.05) is 13.8 Å². The third kappa shape index (κ3) is 6.57. The van der Waals surface area contributed by atoms with Gasteiger partial charge in [0, 0.05) is 35.1 Å². The van der Waals surface area contributed by atoms with Gasteiger partial charge in [-0.05, 0) is 18.1 Å². The number of carbonyl (C=O) groups excluding carboxylic acids is 1. The third-order valence-corrected chi connectivity index (χ3v) is 5.22. The number of rotatable bonds is 8. The summed E-state index contributed by atoms with van der Waals surface area (Å²) in [5, 5.41) is 5.48. The third-order valence-electron chi connectivity index (χ3n) is 4.62. The molecule has 178 valence electrons. The Hall–Kier alpha value is -3.35. The van der Waals surface area contributed by atoms with Gasteiger partial charge >= 0.3 is 6.18 Å². The van der Waals surface area contributed by atoms with E-state index in [0.717, 1.165) is 6.26 Å². The molecule has 0 radical (unpaired) electrons. The fourth-order valence-electron chi connectivity index (χ4n) is 3.19. The summed E-state index contributed by atoms with van der Waals surface area (Å²) in [4.78, 5) is 23.7. The highest BCUT2D eigenvalue weighted by Gasteiger charge is 2.30. The molecule has 3 heterocycles. The van der Waals surface area contributed by atoms with Gasteiger partial charge < -0.3 is 15.6 Å². The summed E-state index contributed by atoms with van der Waals surface area (Å²) in [7, 11) is -3.49. The molecule has 0 saturated heterocycles. The van der Waals surface area contributed by atoms with Crippen molar-refractivity contribution in [2.45, 2.75) is 26.1 Å². The van der Waals surface area contributed by atoms with E-state index >= 15 is 0 Å². The van der Waals surface area contributed by atoms with Gasteiger partial charge in [0.15, 0.2) is 0 Å². The van der Waals surface area contributed by atoms with Gasteiger partial charge in [-0.3, -0.25) is 14.5 Å². The number of anilines is 2. The van der Waals surface area contributed by atoms with E-state index < -0.39 is 34.7 Å². The van der Waals surface area contributed by atoms with E-state index in [1.165, 1.54) is 12.4 Å². The van der Waals surface area contributed by atoms with E-state index in [1.807, 2.05) is 5.32 Å². The van der Waals surface area contributed by atoms with Crippen molar-refractivity contribution in [3.8, 4) is 11.1 Å². The maximum absolute atomic E-state index is 12.5. The normalized spacial score (nSPS) is 13.2. The Morgan fingerprint density at radius 1 is 1.15 bits per heavy atom. The highest BCUT2D eigenvalue weighted by molar-refractivity contribution is 7.92. The molecule has 0 fully saturated rings. The zero-order chi connectivity index (χ0) is 24.4. The number of hydrogen-bond acceptors (Lipinski definition) is 6. The largest absolute Gasteiger partial charge is 0.405 e. The van der Waals surface area contributed by atoms with Crippen LogP contribution in [-0.2, 0) is 14.8 Å². The molecule has 1 amide bonds. The molecule has 0 aliphatic rings. The molecule has 0 saturated carbocycles. The standard InChI is InChI=1S/C20H23F3N6O3S/c1-11(2)17(19(30)27-10-20(21,22)23)28-13-4-12(6-24-7-13)16-9-26-18-15(16)5-14(8-25-18)29-33(3,31)32/h4-9,11,17,28-29H,10H2,1-3H3,(H,25,26)(H,27,30). The zero-order valence-corrected chi connectivity index (χ0v) is 18.8. The molecule has 33 heavy (non-hydrogen) atoms. The number of H-pyrrole nitrogens is 1. The minimum Gasteiger partial charge on any atom is -0.372 e. The molecule has 13 heteroatoms. The minimum atomic E-state index is -4.51.